The fourth-order valence-corrected chi connectivity index (χ4v) is 2.95. The normalized spacial score (nSPS) is 17.7. The van der Waals surface area contributed by atoms with Crippen molar-refractivity contribution in [2.45, 2.75) is 51.0 Å². The number of nitrogens with one attached hydrogen (secondary N) is 1. The predicted octanol–water partition coefficient (Wildman–Crippen LogP) is 3.55. The Morgan fingerprint density at radius 2 is 1.91 bits per heavy atom. The number of methoxy groups -OCH3 is 1. The molecule has 0 atom stereocenters. The second-order valence-corrected chi connectivity index (χ2v) is 6.15. The highest BCUT2D eigenvalue weighted by molar-refractivity contribution is 5.92. The van der Waals surface area contributed by atoms with E-state index in [2.05, 4.69) is 17.2 Å². The molecule has 5 nitrogen and oxygen atoms in total. The molecule has 0 amide bonds. The molecular formula is C18H29N3O2. The monoisotopic (exact) mass is 319 g/mol. The first-order valence-corrected chi connectivity index (χ1v) is 8.52. The summed E-state index contributed by atoms with van der Waals surface area (Å²) in [6, 6.07) is 7.63. The van der Waals surface area contributed by atoms with Gasteiger partial charge >= 0.3 is 0 Å². The van der Waals surface area contributed by atoms with E-state index in [9.17, 15) is 0 Å². The number of guanidine groups is 1. The van der Waals surface area contributed by atoms with E-state index in [1.54, 1.807) is 7.11 Å². The molecule has 0 radical (unpaired) electrons. The van der Waals surface area contributed by atoms with Crippen LogP contribution in [-0.4, -0.2) is 31.8 Å². The quantitative estimate of drug-likeness (QED) is 0.595. The van der Waals surface area contributed by atoms with Gasteiger partial charge in [-0.3, -0.25) is 4.99 Å². The maximum absolute atomic E-state index is 6.14. The van der Waals surface area contributed by atoms with E-state index >= 15 is 0 Å². The van der Waals surface area contributed by atoms with Crippen LogP contribution in [0.4, 0.5) is 5.69 Å². The lowest BCUT2D eigenvalue weighted by Gasteiger charge is -2.36. The molecule has 0 unspecified atom stereocenters. The van der Waals surface area contributed by atoms with Gasteiger partial charge in [-0.15, -0.1) is 0 Å². The largest absolute Gasteiger partial charge is 0.497 e. The number of aliphatic imine (C=N–C) groups is 1. The van der Waals surface area contributed by atoms with Crippen LogP contribution in [0.3, 0.4) is 0 Å². The van der Waals surface area contributed by atoms with Crippen LogP contribution >= 0.6 is 0 Å². The van der Waals surface area contributed by atoms with Crippen molar-refractivity contribution in [2.75, 3.05) is 25.6 Å². The molecule has 0 heterocycles. The number of hydrogen-bond acceptors (Lipinski definition) is 3. The summed E-state index contributed by atoms with van der Waals surface area (Å²) >= 11 is 0. The van der Waals surface area contributed by atoms with Gasteiger partial charge in [0.05, 0.1) is 19.3 Å². The van der Waals surface area contributed by atoms with Crippen molar-refractivity contribution in [1.82, 2.24) is 0 Å². The fourth-order valence-electron chi connectivity index (χ4n) is 2.95. The SMILES string of the molecule is CCCOC1(CN=C(N)Nc2ccc(OC)cc2)CCCCC1. The van der Waals surface area contributed by atoms with Crippen LogP contribution in [0.5, 0.6) is 5.75 Å². The van der Waals surface area contributed by atoms with E-state index in [0.717, 1.165) is 37.3 Å². The highest BCUT2D eigenvalue weighted by atomic mass is 16.5. The van der Waals surface area contributed by atoms with Gasteiger partial charge < -0.3 is 20.5 Å². The summed E-state index contributed by atoms with van der Waals surface area (Å²) in [6.45, 7) is 3.56. The first-order chi connectivity index (χ1) is 11.2. The molecule has 128 valence electrons. The summed E-state index contributed by atoms with van der Waals surface area (Å²) in [5.74, 6) is 1.25. The number of benzene rings is 1. The zero-order valence-corrected chi connectivity index (χ0v) is 14.3. The lowest BCUT2D eigenvalue weighted by atomic mass is 9.84. The number of hydrogen-bond donors (Lipinski definition) is 2. The molecule has 1 aliphatic rings. The molecule has 0 saturated heterocycles. The van der Waals surface area contributed by atoms with Crippen LogP contribution in [0, 0.1) is 0 Å². The number of nitrogens with zero attached hydrogens (tertiary/aromatic N) is 1. The van der Waals surface area contributed by atoms with Crippen LogP contribution in [-0.2, 0) is 4.74 Å². The third-order valence-electron chi connectivity index (χ3n) is 4.28. The predicted molar refractivity (Wildman–Crippen MR) is 95.2 cm³/mol. The summed E-state index contributed by atoms with van der Waals surface area (Å²) in [6.07, 6.45) is 6.90. The molecule has 5 heteroatoms. The molecule has 3 N–H and O–H groups in total. The van der Waals surface area contributed by atoms with Gasteiger partial charge in [-0.25, -0.2) is 0 Å². The highest BCUT2D eigenvalue weighted by Crippen LogP contribution is 2.32. The molecule has 0 aromatic heterocycles. The van der Waals surface area contributed by atoms with E-state index in [1.807, 2.05) is 24.3 Å². The van der Waals surface area contributed by atoms with Crippen LogP contribution in [0.15, 0.2) is 29.3 Å². The Morgan fingerprint density at radius 1 is 1.22 bits per heavy atom. The maximum Gasteiger partial charge on any atom is 0.193 e. The third-order valence-corrected chi connectivity index (χ3v) is 4.28. The Morgan fingerprint density at radius 3 is 2.52 bits per heavy atom. The first kappa shape index (κ1) is 17.6. The van der Waals surface area contributed by atoms with Gasteiger partial charge in [-0.2, -0.15) is 0 Å². The second kappa shape index (κ2) is 8.77. The summed E-state index contributed by atoms with van der Waals surface area (Å²) < 4.78 is 11.3. The molecule has 0 bridgehead atoms. The fraction of sp³-hybridized carbons (Fsp3) is 0.611. The van der Waals surface area contributed by atoms with E-state index in [0.29, 0.717) is 12.5 Å². The minimum atomic E-state index is -0.125. The van der Waals surface area contributed by atoms with Crippen LogP contribution in [0.1, 0.15) is 45.4 Å². The molecule has 1 aromatic carbocycles. The lowest BCUT2D eigenvalue weighted by molar-refractivity contribution is -0.0624. The molecule has 23 heavy (non-hydrogen) atoms. The summed E-state index contributed by atoms with van der Waals surface area (Å²) in [7, 11) is 1.65. The summed E-state index contributed by atoms with van der Waals surface area (Å²) in [5, 5.41) is 3.12. The van der Waals surface area contributed by atoms with Gasteiger partial charge in [0.1, 0.15) is 5.75 Å². The van der Waals surface area contributed by atoms with Crippen molar-refractivity contribution in [1.29, 1.82) is 0 Å². The first-order valence-electron chi connectivity index (χ1n) is 8.52. The summed E-state index contributed by atoms with van der Waals surface area (Å²) in [4.78, 5) is 4.54. The average molecular weight is 319 g/mol. The van der Waals surface area contributed by atoms with Crippen LogP contribution in [0.25, 0.3) is 0 Å². The zero-order valence-electron chi connectivity index (χ0n) is 14.3. The Bertz CT molecular complexity index is 493. The van der Waals surface area contributed by atoms with Gasteiger partial charge in [-0.05, 0) is 43.5 Å². The van der Waals surface area contributed by atoms with Gasteiger partial charge in [0.25, 0.3) is 0 Å². The van der Waals surface area contributed by atoms with Crippen molar-refractivity contribution in [3.8, 4) is 5.75 Å². The second-order valence-electron chi connectivity index (χ2n) is 6.15. The van der Waals surface area contributed by atoms with Gasteiger partial charge in [0.2, 0.25) is 0 Å². The summed E-state index contributed by atoms with van der Waals surface area (Å²) in [5.41, 5.74) is 6.81. The molecule has 1 aromatic rings. The van der Waals surface area contributed by atoms with Crippen molar-refractivity contribution in [2.24, 2.45) is 10.7 Å². The highest BCUT2D eigenvalue weighted by Gasteiger charge is 2.32. The molecule has 0 aliphatic heterocycles. The van der Waals surface area contributed by atoms with Crippen molar-refractivity contribution >= 4 is 11.6 Å². The molecule has 1 fully saturated rings. The third kappa shape index (κ3) is 5.43. The van der Waals surface area contributed by atoms with Gasteiger partial charge in [-0.1, -0.05) is 26.2 Å². The number of nitrogens with two attached hydrogens (primary N) is 1. The van der Waals surface area contributed by atoms with Crippen LogP contribution in [0.2, 0.25) is 0 Å². The minimum absolute atomic E-state index is 0.125. The van der Waals surface area contributed by atoms with E-state index in [-0.39, 0.29) is 5.60 Å². The smallest absolute Gasteiger partial charge is 0.193 e. The lowest BCUT2D eigenvalue weighted by Crippen LogP contribution is -2.39. The van der Waals surface area contributed by atoms with Crippen molar-refractivity contribution in [3.05, 3.63) is 24.3 Å². The van der Waals surface area contributed by atoms with Crippen LogP contribution < -0.4 is 15.8 Å². The van der Waals surface area contributed by atoms with Gasteiger partial charge in [0, 0.05) is 12.3 Å². The molecule has 1 saturated carbocycles. The zero-order chi connectivity index (χ0) is 16.5. The Balaban J connectivity index is 1.94. The van der Waals surface area contributed by atoms with E-state index in [1.165, 1.54) is 19.3 Å². The van der Waals surface area contributed by atoms with Crippen molar-refractivity contribution in [3.63, 3.8) is 0 Å². The molecular weight excluding hydrogens is 290 g/mol. The van der Waals surface area contributed by atoms with E-state index in [4.69, 9.17) is 15.2 Å². The topological polar surface area (TPSA) is 68.9 Å². The number of anilines is 1. The maximum atomic E-state index is 6.14. The minimum Gasteiger partial charge on any atom is -0.497 e. The standard InChI is InChI=1S/C18H29N3O2/c1-3-13-23-18(11-5-4-6-12-18)14-20-17(19)21-15-7-9-16(22-2)10-8-15/h7-10H,3-6,11-14H2,1-2H3,(H3,19,20,21). The Labute approximate surface area is 139 Å². The van der Waals surface area contributed by atoms with Gasteiger partial charge in [0.15, 0.2) is 5.96 Å². The number of ether oxygens (including phenoxy) is 2. The molecule has 2 rings (SSSR count). The average Bonchev–Trinajstić information content (AvgIpc) is 2.60. The van der Waals surface area contributed by atoms with E-state index < -0.39 is 0 Å². The Kier molecular flexibility index (Phi) is 6.71. The molecule has 1 aliphatic carbocycles. The number of rotatable bonds is 7. The Hall–Kier alpha value is -1.75. The van der Waals surface area contributed by atoms with Crippen molar-refractivity contribution < 1.29 is 9.47 Å². The molecule has 0 spiro atoms.